The lowest BCUT2D eigenvalue weighted by Gasteiger charge is -2.34. The Morgan fingerprint density at radius 3 is 2.44 bits per heavy atom. The molecule has 11 nitrogen and oxygen atoms in total. The minimum atomic E-state index is -0.513. The first-order chi connectivity index (χ1) is 18.6. The predicted octanol–water partition coefficient (Wildman–Crippen LogP) is 4.40. The molecule has 1 aliphatic heterocycles. The number of carbonyl (C=O) groups is 1. The topological polar surface area (TPSA) is 116 Å². The van der Waals surface area contributed by atoms with Gasteiger partial charge in [0.2, 0.25) is 0 Å². The van der Waals surface area contributed by atoms with Crippen LogP contribution in [0.2, 0.25) is 0 Å². The maximum absolute atomic E-state index is 12.6. The minimum absolute atomic E-state index is 0.257. The highest BCUT2D eigenvalue weighted by Crippen LogP contribution is 2.29. The molecular weight excluding hydrogens is 494 g/mol. The number of hydrogen-bond acceptors (Lipinski definition) is 8. The fourth-order valence-electron chi connectivity index (χ4n) is 4.65. The average Bonchev–Trinajstić information content (AvgIpc) is 3.54. The molecule has 4 aromatic heterocycles. The molecule has 39 heavy (non-hydrogen) atoms. The number of rotatable bonds is 6. The predicted molar refractivity (Wildman–Crippen MR) is 149 cm³/mol. The van der Waals surface area contributed by atoms with Crippen molar-refractivity contribution in [2.45, 2.75) is 39.2 Å². The number of carbonyl (C=O) groups excluding carboxylic acids is 1. The van der Waals surface area contributed by atoms with E-state index in [9.17, 15) is 4.79 Å². The number of nitrogens with zero attached hydrogens (tertiary/aromatic N) is 8. The van der Waals surface area contributed by atoms with Crippen LogP contribution in [0.15, 0.2) is 49.2 Å². The summed E-state index contributed by atoms with van der Waals surface area (Å²) < 4.78 is 9.11. The summed E-state index contributed by atoms with van der Waals surface area (Å²) >= 11 is 0. The zero-order valence-corrected chi connectivity index (χ0v) is 23.1. The Morgan fingerprint density at radius 1 is 1.03 bits per heavy atom. The lowest BCUT2D eigenvalue weighted by atomic mass is 9.98. The molecule has 0 aliphatic carbocycles. The second kappa shape index (κ2) is 10.8. The molecule has 1 atom stereocenters. The van der Waals surface area contributed by atoms with Gasteiger partial charge >= 0.3 is 6.09 Å². The molecule has 0 bridgehead atoms. The van der Waals surface area contributed by atoms with Crippen molar-refractivity contribution >= 4 is 11.9 Å². The zero-order chi connectivity index (χ0) is 27.6. The van der Waals surface area contributed by atoms with E-state index in [4.69, 9.17) is 14.7 Å². The van der Waals surface area contributed by atoms with Crippen molar-refractivity contribution in [3.05, 3.63) is 49.2 Å². The monoisotopic (exact) mass is 529 g/mol. The highest BCUT2D eigenvalue weighted by molar-refractivity contribution is 5.75. The van der Waals surface area contributed by atoms with Crippen LogP contribution < -0.4 is 5.32 Å². The van der Waals surface area contributed by atoms with Gasteiger partial charge in [0.1, 0.15) is 17.1 Å². The molecule has 1 fully saturated rings. The number of aromatic nitrogens is 7. The minimum Gasteiger partial charge on any atom is -0.444 e. The number of pyridine rings is 1. The van der Waals surface area contributed by atoms with Crippen LogP contribution in [-0.2, 0) is 18.8 Å². The van der Waals surface area contributed by atoms with Gasteiger partial charge in [-0.3, -0.25) is 9.36 Å². The number of nitrogens with one attached hydrogen (secondary N) is 1. The SMILES string of the molecule is Cn1cc(-c2cccc(-c3ncc(-c4cnn(C)c4)c(NCC4CCCN(C(=O)OC(C)(C)C)C4)n3)n2)cn1. The second-order valence-electron chi connectivity index (χ2n) is 11.0. The Bertz CT molecular complexity index is 1450. The van der Waals surface area contributed by atoms with Crippen LogP contribution in [0, 0.1) is 5.92 Å². The van der Waals surface area contributed by atoms with E-state index >= 15 is 0 Å². The average molecular weight is 530 g/mol. The van der Waals surface area contributed by atoms with E-state index in [2.05, 4.69) is 20.5 Å². The number of piperidine rings is 1. The molecule has 204 valence electrons. The molecule has 1 saturated heterocycles. The van der Waals surface area contributed by atoms with Gasteiger partial charge in [-0.1, -0.05) is 6.07 Å². The first-order valence-corrected chi connectivity index (χ1v) is 13.2. The molecule has 0 spiro atoms. The molecule has 0 aromatic carbocycles. The quantitative estimate of drug-likeness (QED) is 0.391. The summed E-state index contributed by atoms with van der Waals surface area (Å²) in [7, 11) is 3.76. The first kappa shape index (κ1) is 26.3. The lowest BCUT2D eigenvalue weighted by molar-refractivity contribution is 0.0172. The molecule has 1 unspecified atom stereocenters. The molecule has 11 heteroatoms. The fourth-order valence-corrected chi connectivity index (χ4v) is 4.65. The standard InChI is InChI=1S/C28H35N9O2/c1-28(2,3)39-27(38)37-11-7-8-19(16-37)12-29-25-22(20-13-31-35(4)17-20)15-30-26(34-25)24-10-6-9-23(33-24)21-14-32-36(5)18-21/h6,9-10,13-15,17-19H,7-8,11-12,16H2,1-5H3,(H,29,30,34). The van der Waals surface area contributed by atoms with Gasteiger partial charge in [0.05, 0.1) is 18.1 Å². The van der Waals surface area contributed by atoms with Crippen molar-refractivity contribution in [2.75, 3.05) is 25.0 Å². The van der Waals surface area contributed by atoms with Crippen LogP contribution in [0.4, 0.5) is 10.6 Å². The Labute approximate surface area is 228 Å². The van der Waals surface area contributed by atoms with Crippen molar-refractivity contribution in [1.29, 1.82) is 0 Å². The summed E-state index contributed by atoms with van der Waals surface area (Å²) in [5.41, 5.74) is 3.67. The van der Waals surface area contributed by atoms with Gasteiger partial charge in [-0.25, -0.2) is 19.7 Å². The summed E-state index contributed by atoms with van der Waals surface area (Å²) in [6.07, 6.45) is 11.0. The van der Waals surface area contributed by atoms with Crippen LogP contribution >= 0.6 is 0 Å². The molecular formula is C28H35N9O2. The van der Waals surface area contributed by atoms with Crippen molar-refractivity contribution < 1.29 is 9.53 Å². The summed E-state index contributed by atoms with van der Waals surface area (Å²) in [6, 6.07) is 5.80. The molecule has 5 rings (SSSR count). The maximum atomic E-state index is 12.6. The van der Waals surface area contributed by atoms with Gasteiger partial charge < -0.3 is 15.0 Å². The van der Waals surface area contributed by atoms with E-state index < -0.39 is 5.60 Å². The smallest absolute Gasteiger partial charge is 0.410 e. The third-order valence-corrected chi connectivity index (χ3v) is 6.51. The number of anilines is 1. The van der Waals surface area contributed by atoms with E-state index in [1.165, 1.54) is 0 Å². The highest BCUT2D eigenvalue weighted by Gasteiger charge is 2.28. The largest absolute Gasteiger partial charge is 0.444 e. The van der Waals surface area contributed by atoms with E-state index in [0.29, 0.717) is 37.0 Å². The van der Waals surface area contributed by atoms with Crippen molar-refractivity contribution in [2.24, 2.45) is 20.0 Å². The second-order valence-corrected chi connectivity index (χ2v) is 11.0. The summed E-state index contributed by atoms with van der Waals surface area (Å²) in [4.78, 5) is 28.8. The summed E-state index contributed by atoms with van der Waals surface area (Å²) in [6.45, 7) is 7.68. The van der Waals surface area contributed by atoms with Gasteiger partial charge in [0.15, 0.2) is 5.82 Å². The zero-order valence-electron chi connectivity index (χ0n) is 23.1. The molecule has 0 radical (unpaired) electrons. The van der Waals surface area contributed by atoms with Gasteiger partial charge in [0, 0.05) is 69.0 Å². The van der Waals surface area contributed by atoms with Gasteiger partial charge in [-0.05, 0) is 51.7 Å². The maximum Gasteiger partial charge on any atom is 0.410 e. The summed E-state index contributed by atoms with van der Waals surface area (Å²) in [5, 5.41) is 12.1. The molecule has 1 aliphatic rings. The van der Waals surface area contributed by atoms with E-state index in [0.717, 1.165) is 35.2 Å². The van der Waals surface area contributed by atoms with Crippen molar-refractivity contribution in [1.82, 2.24) is 39.4 Å². The third kappa shape index (κ3) is 6.42. The Balaban J connectivity index is 1.38. The summed E-state index contributed by atoms with van der Waals surface area (Å²) in [5.74, 6) is 1.49. The first-order valence-electron chi connectivity index (χ1n) is 13.2. The third-order valence-electron chi connectivity index (χ3n) is 6.51. The Morgan fingerprint density at radius 2 is 1.74 bits per heavy atom. The number of ether oxygens (including phenoxy) is 1. The van der Waals surface area contributed by atoms with E-state index in [1.807, 2.05) is 76.6 Å². The molecule has 1 amide bonds. The number of likely N-dealkylation sites (tertiary alicyclic amines) is 1. The van der Waals surface area contributed by atoms with Crippen LogP contribution in [0.3, 0.4) is 0 Å². The molecule has 0 saturated carbocycles. The van der Waals surface area contributed by atoms with Crippen LogP contribution in [0.25, 0.3) is 33.9 Å². The van der Waals surface area contributed by atoms with Crippen molar-refractivity contribution in [3.63, 3.8) is 0 Å². The van der Waals surface area contributed by atoms with Gasteiger partial charge in [-0.2, -0.15) is 10.2 Å². The van der Waals surface area contributed by atoms with Crippen LogP contribution in [0.5, 0.6) is 0 Å². The number of amides is 1. The lowest BCUT2D eigenvalue weighted by Crippen LogP contribution is -2.44. The number of aryl methyl sites for hydroxylation is 2. The van der Waals surface area contributed by atoms with Gasteiger partial charge in [-0.15, -0.1) is 0 Å². The normalized spacial score (nSPS) is 15.8. The van der Waals surface area contributed by atoms with Gasteiger partial charge in [0.25, 0.3) is 0 Å². The fraction of sp³-hybridized carbons (Fsp3) is 0.429. The molecule has 4 aromatic rings. The number of hydrogen-bond donors (Lipinski definition) is 1. The van der Waals surface area contributed by atoms with Crippen molar-refractivity contribution in [3.8, 4) is 33.9 Å². The van der Waals surface area contributed by atoms with E-state index in [1.54, 1.807) is 21.8 Å². The van der Waals surface area contributed by atoms with Crippen LogP contribution in [0.1, 0.15) is 33.6 Å². The Hall–Kier alpha value is -4.28. The Kier molecular flexibility index (Phi) is 7.32. The molecule has 1 N–H and O–H groups in total. The van der Waals surface area contributed by atoms with Crippen LogP contribution in [-0.4, -0.2) is 70.7 Å². The molecule has 5 heterocycles. The highest BCUT2D eigenvalue weighted by atomic mass is 16.6. The van der Waals surface area contributed by atoms with E-state index in [-0.39, 0.29) is 12.0 Å².